The quantitative estimate of drug-likeness (QED) is 0.447. The minimum Gasteiger partial charge on any atom is -0.467 e. The molecule has 0 bridgehead atoms. The van der Waals surface area contributed by atoms with Gasteiger partial charge in [-0.25, -0.2) is 0 Å². The summed E-state index contributed by atoms with van der Waals surface area (Å²) in [4.78, 5) is 17.1. The Bertz CT molecular complexity index is 1030. The first-order chi connectivity index (χ1) is 15.9. The number of aromatic nitrogens is 3. The zero-order chi connectivity index (χ0) is 23.4. The summed E-state index contributed by atoms with van der Waals surface area (Å²) >= 11 is 1.43. The number of rotatable bonds is 8. The lowest BCUT2D eigenvalue weighted by atomic mass is 9.92. The molecule has 3 heterocycles. The molecule has 0 N–H and O–H groups in total. The van der Waals surface area contributed by atoms with Gasteiger partial charge in [-0.1, -0.05) is 55.9 Å². The number of benzene rings is 1. The molecule has 33 heavy (non-hydrogen) atoms. The number of furan rings is 1. The number of nitrogens with zero attached hydrogens (tertiary/aromatic N) is 5. The second-order valence-corrected chi connectivity index (χ2v) is 10.1. The van der Waals surface area contributed by atoms with E-state index >= 15 is 0 Å². The number of hydrogen-bond acceptors (Lipinski definition) is 6. The first kappa shape index (κ1) is 23.4. The topological polar surface area (TPSA) is 67.4 Å². The highest BCUT2D eigenvalue weighted by Gasteiger charge is 2.27. The van der Waals surface area contributed by atoms with Gasteiger partial charge in [-0.2, -0.15) is 0 Å². The number of hydrogen-bond donors (Lipinski definition) is 0. The van der Waals surface area contributed by atoms with E-state index in [0.29, 0.717) is 24.1 Å². The first-order valence-corrected chi connectivity index (χ1v) is 12.5. The molecule has 0 aliphatic carbocycles. The van der Waals surface area contributed by atoms with Gasteiger partial charge in [-0.15, -0.1) is 10.2 Å². The van der Waals surface area contributed by atoms with Gasteiger partial charge in [0.05, 0.1) is 24.6 Å². The molecule has 0 radical (unpaired) electrons. The number of anilines is 1. The minimum absolute atomic E-state index is 0.00664. The normalized spacial score (nSPS) is 19.5. The molecule has 1 saturated heterocycles. The zero-order valence-corrected chi connectivity index (χ0v) is 20.7. The maximum absolute atomic E-state index is 13.0. The fraction of sp³-hybridized carbons (Fsp3) is 0.480. The Labute approximate surface area is 200 Å². The van der Waals surface area contributed by atoms with Crippen molar-refractivity contribution < 1.29 is 9.21 Å². The van der Waals surface area contributed by atoms with Crippen molar-refractivity contribution in [3.05, 3.63) is 60.1 Å². The summed E-state index contributed by atoms with van der Waals surface area (Å²) in [5.41, 5.74) is 1.12. The number of carbonyl (C=O) groups excluding carboxylic acids is 1. The van der Waals surface area contributed by atoms with Crippen LogP contribution in [0.5, 0.6) is 0 Å². The van der Waals surface area contributed by atoms with E-state index < -0.39 is 0 Å². The molecule has 1 fully saturated rings. The van der Waals surface area contributed by atoms with Crippen LogP contribution in [0.2, 0.25) is 0 Å². The van der Waals surface area contributed by atoms with E-state index in [0.717, 1.165) is 35.5 Å². The van der Waals surface area contributed by atoms with Gasteiger partial charge in [0.25, 0.3) is 0 Å². The van der Waals surface area contributed by atoms with E-state index in [1.54, 1.807) is 11.2 Å². The molecule has 2 aromatic heterocycles. The minimum atomic E-state index is 0.00664. The van der Waals surface area contributed by atoms with E-state index in [1.807, 2.05) is 44.3 Å². The Morgan fingerprint density at radius 3 is 2.55 bits per heavy atom. The van der Waals surface area contributed by atoms with Crippen LogP contribution in [0.1, 0.15) is 44.6 Å². The third-order valence-corrected chi connectivity index (χ3v) is 7.28. The summed E-state index contributed by atoms with van der Waals surface area (Å²) < 4.78 is 7.70. The summed E-state index contributed by atoms with van der Waals surface area (Å²) in [7, 11) is 1.86. The van der Waals surface area contributed by atoms with Gasteiger partial charge < -0.3 is 14.2 Å². The van der Waals surface area contributed by atoms with Crippen LogP contribution in [0.3, 0.4) is 0 Å². The van der Waals surface area contributed by atoms with Crippen molar-refractivity contribution in [2.24, 2.45) is 11.8 Å². The van der Waals surface area contributed by atoms with Gasteiger partial charge in [0.2, 0.25) is 11.9 Å². The van der Waals surface area contributed by atoms with Crippen molar-refractivity contribution >= 4 is 23.6 Å². The van der Waals surface area contributed by atoms with E-state index in [9.17, 15) is 4.79 Å². The number of piperidine rings is 1. The van der Waals surface area contributed by atoms with Gasteiger partial charge >= 0.3 is 0 Å². The summed E-state index contributed by atoms with van der Waals surface area (Å²) in [6.07, 6.45) is 2.91. The van der Waals surface area contributed by atoms with Crippen molar-refractivity contribution in [1.82, 2.24) is 19.7 Å². The van der Waals surface area contributed by atoms with E-state index in [1.165, 1.54) is 18.2 Å². The fourth-order valence-corrected chi connectivity index (χ4v) is 5.40. The highest BCUT2D eigenvalue weighted by Crippen LogP contribution is 2.29. The number of thioether (sulfide) groups is 1. The van der Waals surface area contributed by atoms with E-state index in [2.05, 4.69) is 45.6 Å². The predicted octanol–water partition coefficient (Wildman–Crippen LogP) is 4.71. The average molecular weight is 468 g/mol. The van der Waals surface area contributed by atoms with Crippen molar-refractivity contribution in [2.45, 2.75) is 44.9 Å². The fourth-order valence-electron chi connectivity index (χ4n) is 4.54. The molecule has 1 amide bonds. The second kappa shape index (κ2) is 10.5. The molecule has 3 unspecified atom stereocenters. The monoisotopic (exact) mass is 467 g/mol. The van der Waals surface area contributed by atoms with Crippen LogP contribution in [0.4, 0.5) is 5.95 Å². The van der Waals surface area contributed by atoms with Crippen LogP contribution in [0.25, 0.3) is 0 Å². The van der Waals surface area contributed by atoms with E-state index in [4.69, 9.17) is 4.42 Å². The van der Waals surface area contributed by atoms with Gasteiger partial charge in [-0.05, 0) is 42.9 Å². The summed E-state index contributed by atoms with van der Waals surface area (Å²) in [5, 5.41) is 9.76. The molecule has 176 valence electrons. The van der Waals surface area contributed by atoms with Crippen molar-refractivity contribution in [2.75, 3.05) is 30.8 Å². The van der Waals surface area contributed by atoms with Gasteiger partial charge in [0.1, 0.15) is 5.76 Å². The standard InChI is InChI=1S/C25H33N5O2S/c1-18-13-19(2)15-29(14-18)24-26-27-25(30(24)16-22-11-8-12-32-22)33-17-23(31)28(4)20(3)21-9-6-5-7-10-21/h5-12,18-20H,13-17H2,1-4H3. The van der Waals surface area contributed by atoms with Crippen LogP contribution < -0.4 is 4.90 Å². The smallest absolute Gasteiger partial charge is 0.233 e. The number of carbonyl (C=O) groups is 1. The van der Waals surface area contributed by atoms with Gasteiger partial charge in [0, 0.05) is 20.1 Å². The predicted molar refractivity (Wildman–Crippen MR) is 131 cm³/mol. The van der Waals surface area contributed by atoms with Gasteiger partial charge in [-0.3, -0.25) is 9.36 Å². The lowest BCUT2D eigenvalue weighted by Gasteiger charge is -2.35. The zero-order valence-electron chi connectivity index (χ0n) is 19.8. The highest BCUT2D eigenvalue weighted by molar-refractivity contribution is 7.99. The second-order valence-electron chi connectivity index (χ2n) is 9.18. The van der Waals surface area contributed by atoms with Crippen molar-refractivity contribution in [1.29, 1.82) is 0 Å². The maximum Gasteiger partial charge on any atom is 0.233 e. The van der Waals surface area contributed by atoms with E-state index in [-0.39, 0.29) is 11.9 Å². The third kappa shape index (κ3) is 5.61. The van der Waals surface area contributed by atoms with Crippen molar-refractivity contribution in [3.63, 3.8) is 0 Å². The summed E-state index contributed by atoms with van der Waals surface area (Å²) in [5.74, 6) is 3.27. The molecule has 1 aliphatic rings. The maximum atomic E-state index is 13.0. The highest BCUT2D eigenvalue weighted by atomic mass is 32.2. The largest absolute Gasteiger partial charge is 0.467 e. The summed E-state index contributed by atoms with van der Waals surface area (Å²) in [6, 6.07) is 13.9. The van der Waals surface area contributed by atoms with Crippen LogP contribution in [-0.2, 0) is 11.3 Å². The number of amides is 1. The molecule has 3 aromatic rings. The Kier molecular flexibility index (Phi) is 7.42. The molecule has 0 saturated carbocycles. The molecular weight excluding hydrogens is 434 g/mol. The molecule has 4 rings (SSSR count). The van der Waals surface area contributed by atoms with Gasteiger partial charge in [0.15, 0.2) is 5.16 Å². The molecule has 0 spiro atoms. The lowest BCUT2D eigenvalue weighted by Crippen LogP contribution is -2.40. The molecule has 7 nitrogen and oxygen atoms in total. The van der Waals surface area contributed by atoms with Crippen LogP contribution in [0, 0.1) is 11.8 Å². The molecule has 1 aromatic carbocycles. The first-order valence-electron chi connectivity index (χ1n) is 11.6. The van der Waals surface area contributed by atoms with Crippen molar-refractivity contribution in [3.8, 4) is 0 Å². The molecule has 1 aliphatic heterocycles. The summed E-state index contributed by atoms with van der Waals surface area (Å²) in [6.45, 7) is 9.08. The SMILES string of the molecule is CC1CC(C)CN(c2nnc(SCC(=O)N(C)C(C)c3ccccc3)n2Cc2ccco2)C1. The van der Waals surface area contributed by atoms with Crippen LogP contribution in [0.15, 0.2) is 58.3 Å². The Balaban J connectivity index is 1.49. The van der Waals surface area contributed by atoms with Crippen LogP contribution >= 0.6 is 11.8 Å². The Morgan fingerprint density at radius 2 is 1.88 bits per heavy atom. The third-order valence-electron chi connectivity index (χ3n) is 6.32. The molecule has 3 atom stereocenters. The van der Waals surface area contributed by atoms with Crippen LogP contribution in [-0.4, -0.2) is 51.5 Å². The Morgan fingerprint density at radius 1 is 1.15 bits per heavy atom. The Hall–Kier alpha value is -2.74. The molecular formula is C25H33N5O2S. The average Bonchev–Trinajstić information content (AvgIpc) is 3.47. The lowest BCUT2D eigenvalue weighted by molar-refractivity contribution is -0.128. The molecule has 8 heteroatoms.